The number of benzene rings is 1. The fraction of sp³-hybridized carbons (Fsp3) is 0.684. The van der Waals surface area contributed by atoms with Crippen LogP contribution < -0.4 is 4.74 Å². The summed E-state index contributed by atoms with van der Waals surface area (Å²) in [4.78, 5) is 0. The van der Waals surface area contributed by atoms with E-state index in [4.69, 9.17) is 14.2 Å². The van der Waals surface area contributed by atoms with Gasteiger partial charge in [-0.15, -0.1) is 0 Å². The molecule has 1 aliphatic heterocycles. The Kier molecular flexibility index (Phi) is 5.18. The zero-order chi connectivity index (χ0) is 16.4. The first-order chi connectivity index (χ1) is 10.3. The van der Waals surface area contributed by atoms with Gasteiger partial charge in [-0.05, 0) is 25.3 Å². The molecule has 0 spiro atoms. The summed E-state index contributed by atoms with van der Waals surface area (Å²) in [5.74, 6) is 0.293. The SMILES string of the molecule is CCCC1(c2cc(C)cc(C(C)(C)C)c2OCC)OCCO1. The Hall–Kier alpha value is -1.06. The quantitative estimate of drug-likeness (QED) is 0.790. The Morgan fingerprint density at radius 2 is 1.77 bits per heavy atom. The van der Waals surface area contributed by atoms with E-state index in [0.717, 1.165) is 24.2 Å². The van der Waals surface area contributed by atoms with Crippen molar-refractivity contribution in [1.82, 2.24) is 0 Å². The third-order valence-corrected chi connectivity index (χ3v) is 4.07. The van der Waals surface area contributed by atoms with E-state index in [1.807, 2.05) is 6.92 Å². The molecule has 0 aromatic heterocycles. The summed E-state index contributed by atoms with van der Waals surface area (Å²) < 4.78 is 18.2. The first-order valence-corrected chi connectivity index (χ1v) is 8.40. The van der Waals surface area contributed by atoms with Gasteiger partial charge in [0.15, 0.2) is 5.79 Å². The molecule has 3 heteroatoms. The normalized spacial score (nSPS) is 17.7. The maximum atomic E-state index is 6.07. The van der Waals surface area contributed by atoms with E-state index in [1.54, 1.807) is 0 Å². The van der Waals surface area contributed by atoms with Crippen LogP contribution in [0.1, 0.15) is 64.2 Å². The van der Waals surface area contributed by atoms with Crippen molar-refractivity contribution in [2.24, 2.45) is 0 Å². The topological polar surface area (TPSA) is 27.7 Å². The van der Waals surface area contributed by atoms with Gasteiger partial charge in [0, 0.05) is 12.0 Å². The molecule has 0 aliphatic carbocycles. The van der Waals surface area contributed by atoms with Crippen molar-refractivity contribution in [3.8, 4) is 5.75 Å². The number of hydrogen-bond donors (Lipinski definition) is 0. The van der Waals surface area contributed by atoms with Crippen molar-refractivity contribution in [3.63, 3.8) is 0 Å². The standard InChI is InChI=1S/C19H30O3/c1-7-9-19(21-10-11-22-19)16-13-14(3)12-15(18(4,5)6)17(16)20-8-2/h12-13H,7-11H2,1-6H3. The lowest BCUT2D eigenvalue weighted by molar-refractivity contribution is -0.172. The summed E-state index contributed by atoms with van der Waals surface area (Å²) in [5.41, 5.74) is 3.51. The van der Waals surface area contributed by atoms with E-state index < -0.39 is 5.79 Å². The molecule has 1 aliphatic rings. The monoisotopic (exact) mass is 306 g/mol. The lowest BCUT2D eigenvalue weighted by Crippen LogP contribution is -2.29. The summed E-state index contributed by atoms with van der Waals surface area (Å²) in [6.45, 7) is 14.9. The first-order valence-electron chi connectivity index (χ1n) is 8.40. The molecule has 1 heterocycles. The molecule has 1 aromatic carbocycles. The van der Waals surface area contributed by atoms with E-state index in [0.29, 0.717) is 19.8 Å². The second-order valence-corrected chi connectivity index (χ2v) is 7.07. The molecule has 1 aromatic rings. The number of ether oxygens (including phenoxy) is 3. The highest BCUT2D eigenvalue weighted by Crippen LogP contribution is 2.45. The molecule has 0 radical (unpaired) electrons. The summed E-state index contributed by atoms with van der Waals surface area (Å²) in [6.07, 6.45) is 1.85. The number of rotatable bonds is 5. The highest BCUT2D eigenvalue weighted by atomic mass is 16.7. The maximum absolute atomic E-state index is 6.07. The molecule has 2 rings (SSSR count). The second-order valence-electron chi connectivity index (χ2n) is 7.07. The molecule has 1 fully saturated rings. The predicted molar refractivity (Wildman–Crippen MR) is 89.5 cm³/mol. The van der Waals surface area contributed by atoms with Gasteiger partial charge in [-0.2, -0.15) is 0 Å². The van der Waals surface area contributed by atoms with Crippen molar-refractivity contribution in [3.05, 3.63) is 28.8 Å². The Labute approximate surface area is 135 Å². The van der Waals surface area contributed by atoms with Crippen molar-refractivity contribution in [1.29, 1.82) is 0 Å². The molecule has 0 saturated carbocycles. The zero-order valence-electron chi connectivity index (χ0n) is 14.9. The number of aryl methyl sites for hydroxylation is 1. The van der Waals surface area contributed by atoms with Gasteiger partial charge in [0.25, 0.3) is 0 Å². The van der Waals surface area contributed by atoms with Gasteiger partial charge in [0.1, 0.15) is 5.75 Å². The fourth-order valence-electron chi connectivity index (χ4n) is 3.13. The fourth-order valence-corrected chi connectivity index (χ4v) is 3.13. The van der Waals surface area contributed by atoms with Crippen LogP contribution >= 0.6 is 0 Å². The van der Waals surface area contributed by atoms with Gasteiger partial charge in [-0.3, -0.25) is 0 Å². The van der Waals surface area contributed by atoms with Crippen LogP contribution in [0.15, 0.2) is 12.1 Å². The Bertz CT molecular complexity index is 508. The molecule has 0 N–H and O–H groups in total. The zero-order valence-corrected chi connectivity index (χ0v) is 14.9. The second kappa shape index (κ2) is 6.59. The largest absolute Gasteiger partial charge is 0.493 e. The lowest BCUT2D eigenvalue weighted by atomic mass is 9.82. The Morgan fingerprint density at radius 1 is 1.14 bits per heavy atom. The molecule has 0 bridgehead atoms. The minimum atomic E-state index is -0.648. The van der Waals surface area contributed by atoms with Crippen LogP contribution in [0.2, 0.25) is 0 Å². The third kappa shape index (κ3) is 3.31. The van der Waals surface area contributed by atoms with Crippen LogP contribution in [0, 0.1) is 6.92 Å². The van der Waals surface area contributed by atoms with Crippen LogP contribution in [-0.2, 0) is 20.7 Å². The maximum Gasteiger partial charge on any atom is 0.198 e. The summed E-state index contributed by atoms with van der Waals surface area (Å²) in [6, 6.07) is 4.39. The van der Waals surface area contributed by atoms with Crippen molar-refractivity contribution >= 4 is 0 Å². The van der Waals surface area contributed by atoms with Crippen LogP contribution in [0.4, 0.5) is 0 Å². The van der Waals surface area contributed by atoms with Gasteiger partial charge < -0.3 is 14.2 Å². The molecule has 0 unspecified atom stereocenters. The summed E-state index contributed by atoms with van der Waals surface area (Å²) in [5, 5.41) is 0. The van der Waals surface area contributed by atoms with Crippen molar-refractivity contribution in [2.75, 3.05) is 19.8 Å². The molecule has 0 amide bonds. The number of hydrogen-bond acceptors (Lipinski definition) is 3. The predicted octanol–water partition coefficient (Wildman–Crippen LogP) is 4.69. The van der Waals surface area contributed by atoms with Gasteiger partial charge in [0.2, 0.25) is 0 Å². The minimum absolute atomic E-state index is 0.0112. The van der Waals surface area contributed by atoms with Crippen molar-refractivity contribution in [2.45, 2.75) is 65.6 Å². The first kappa shape index (κ1) is 17.3. The molecule has 3 nitrogen and oxygen atoms in total. The van der Waals surface area contributed by atoms with Crippen molar-refractivity contribution < 1.29 is 14.2 Å². The van der Waals surface area contributed by atoms with Gasteiger partial charge in [-0.25, -0.2) is 0 Å². The van der Waals surface area contributed by atoms with E-state index in [2.05, 4.69) is 46.8 Å². The average Bonchev–Trinajstić information content (AvgIpc) is 2.89. The van der Waals surface area contributed by atoms with E-state index in [-0.39, 0.29) is 5.41 Å². The minimum Gasteiger partial charge on any atom is -0.493 e. The Morgan fingerprint density at radius 3 is 2.27 bits per heavy atom. The molecule has 124 valence electrons. The summed E-state index contributed by atoms with van der Waals surface area (Å²) in [7, 11) is 0. The lowest BCUT2D eigenvalue weighted by Gasteiger charge is -2.33. The highest BCUT2D eigenvalue weighted by molar-refractivity contribution is 5.50. The molecule has 0 atom stereocenters. The van der Waals surface area contributed by atoms with Gasteiger partial charge in [-0.1, -0.05) is 45.7 Å². The van der Waals surface area contributed by atoms with Crippen LogP contribution in [0.3, 0.4) is 0 Å². The molecule has 22 heavy (non-hydrogen) atoms. The third-order valence-electron chi connectivity index (χ3n) is 4.07. The van der Waals surface area contributed by atoms with Gasteiger partial charge in [0.05, 0.1) is 25.4 Å². The Balaban J connectivity index is 2.65. The van der Waals surface area contributed by atoms with E-state index >= 15 is 0 Å². The highest BCUT2D eigenvalue weighted by Gasteiger charge is 2.41. The summed E-state index contributed by atoms with van der Waals surface area (Å²) >= 11 is 0. The van der Waals surface area contributed by atoms with E-state index in [1.165, 1.54) is 11.1 Å². The van der Waals surface area contributed by atoms with Crippen LogP contribution in [0.5, 0.6) is 5.75 Å². The average molecular weight is 306 g/mol. The van der Waals surface area contributed by atoms with E-state index in [9.17, 15) is 0 Å². The smallest absolute Gasteiger partial charge is 0.198 e. The molecular formula is C19H30O3. The van der Waals surface area contributed by atoms with Crippen LogP contribution in [0.25, 0.3) is 0 Å². The molecular weight excluding hydrogens is 276 g/mol. The van der Waals surface area contributed by atoms with Crippen LogP contribution in [-0.4, -0.2) is 19.8 Å². The molecule has 1 saturated heterocycles. The van der Waals surface area contributed by atoms with Gasteiger partial charge >= 0.3 is 0 Å².